The number of aliphatic imine (C=N–C) groups is 2. The van der Waals surface area contributed by atoms with Crippen molar-refractivity contribution in [3.05, 3.63) is 46.9 Å². The van der Waals surface area contributed by atoms with E-state index in [1.807, 2.05) is 18.2 Å². The first-order valence-corrected chi connectivity index (χ1v) is 7.71. The Labute approximate surface area is 140 Å². The second kappa shape index (κ2) is 6.67. The number of carbonyl (C=O) groups is 3. The minimum atomic E-state index is -1.18. The van der Waals surface area contributed by atoms with Gasteiger partial charge in [-0.1, -0.05) is 42.1 Å². The van der Waals surface area contributed by atoms with Gasteiger partial charge < -0.3 is 9.84 Å². The zero-order valence-corrected chi connectivity index (χ0v) is 12.9. The zero-order valence-electron chi connectivity index (χ0n) is 12.1. The van der Waals surface area contributed by atoms with Crippen LogP contribution in [0.4, 0.5) is 4.79 Å². The maximum atomic E-state index is 12.0. The number of carboxylic acids is 1. The summed E-state index contributed by atoms with van der Waals surface area (Å²) in [6.45, 7) is 0.0447. The molecule has 0 unspecified atom stereocenters. The molecule has 0 aliphatic carbocycles. The quantitative estimate of drug-likeness (QED) is 0.858. The fourth-order valence-corrected chi connectivity index (χ4v) is 3.11. The molecule has 24 heavy (non-hydrogen) atoms. The lowest BCUT2D eigenvalue weighted by molar-refractivity contribution is -0.134. The molecule has 2 heterocycles. The van der Waals surface area contributed by atoms with Crippen molar-refractivity contribution in [3.63, 3.8) is 0 Å². The number of nitrogens with one attached hydrogen (secondary N) is 1. The van der Waals surface area contributed by atoms with Crippen molar-refractivity contribution in [1.29, 1.82) is 0 Å². The van der Waals surface area contributed by atoms with Gasteiger partial charge in [0.1, 0.15) is 12.5 Å². The van der Waals surface area contributed by atoms with E-state index in [9.17, 15) is 14.4 Å². The number of ether oxygens (including phenoxy) is 1. The lowest BCUT2D eigenvalue weighted by Gasteiger charge is -2.18. The van der Waals surface area contributed by atoms with Crippen LogP contribution in [0.15, 0.2) is 51.3 Å². The van der Waals surface area contributed by atoms with E-state index in [0.717, 1.165) is 17.3 Å². The lowest BCUT2D eigenvalue weighted by Crippen LogP contribution is -2.43. The molecule has 9 heteroatoms. The maximum Gasteiger partial charge on any atom is 0.437 e. The smallest absolute Gasteiger partial charge is 0.437 e. The summed E-state index contributed by atoms with van der Waals surface area (Å²) >= 11 is 1.02. The van der Waals surface area contributed by atoms with E-state index >= 15 is 0 Å². The van der Waals surface area contributed by atoms with Gasteiger partial charge in [-0.05, 0) is 11.0 Å². The predicted molar refractivity (Wildman–Crippen MR) is 86.4 cm³/mol. The molecule has 0 bridgehead atoms. The van der Waals surface area contributed by atoms with Gasteiger partial charge in [-0.2, -0.15) is 0 Å². The normalized spacial score (nSPS) is 20.8. The molecule has 8 nitrogen and oxygen atoms in total. The fourth-order valence-electron chi connectivity index (χ4n) is 2.12. The van der Waals surface area contributed by atoms with Crippen LogP contribution >= 0.6 is 11.8 Å². The lowest BCUT2D eigenvalue weighted by atomic mass is 10.0. The van der Waals surface area contributed by atoms with E-state index in [-0.39, 0.29) is 23.2 Å². The Morgan fingerprint density at radius 2 is 2.08 bits per heavy atom. The molecule has 0 fully saturated rings. The van der Waals surface area contributed by atoms with Crippen LogP contribution < -0.4 is 5.32 Å². The highest BCUT2D eigenvalue weighted by molar-refractivity contribution is 8.17. The number of rotatable bonds is 3. The van der Waals surface area contributed by atoms with Crippen LogP contribution in [0.2, 0.25) is 0 Å². The molecule has 3 rings (SSSR count). The molecule has 1 atom stereocenters. The Bertz CT molecular complexity index is 801. The van der Waals surface area contributed by atoms with Crippen molar-refractivity contribution >= 4 is 40.7 Å². The first kappa shape index (κ1) is 15.9. The summed E-state index contributed by atoms with van der Waals surface area (Å²) in [5, 5.41) is 13.0. The van der Waals surface area contributed by atoms with Crippen LogP contribution in [0.3, 0.4) is 0 Å². The summed E-state index contributed by atoms with van der Waals surface area (Å²) in [4.78, 5) is 42.4. The molecule has 1 aromatic rings. The third-order valence-corrected chi connectivity index (χ3v) is 4.17. The molecular formula is C15H11N3O5S. The Morgan fingerprint density at radius 1 is 1.33 bits per heavy atom. The number of carboxylic acid groups (broad SMARTS) is 1. The summed E-state index contributed by atoms with van der Waals surface area (Å²) in [5.41, 5.74) is 0.744. The van der Waals surface area contributed by atoms with Crippen LogP contribution in [0.1, 0.15) is 5.56 Å². The molecule has 122 valence electrons. The number of hydrogen-bond acceptors (Lipinski definition) is 5. The average Bonchev–Trinajstić information content (AvgIpc) is 2.98. The number of aliphatic carboxylic acids is 1. The van der Waals surface area contributed by atoms with Gasteiger partial charge in [0.15, 0.2) is 0 Å². The van der Waals surface area contributed by atoms with Crippen molar-refractivity contribution in [2.24, 2.45) is 15.9 Å². The average molecular weight is 345 g/mol. The molecule has 2 aliphatic rings. The van der Waals surface area contributed by atoms with Crippen LogP contribution in [0.25, 0.3) is 0 Å². The van der Waals surface area contributed by atoms with Gasteiger partial charge in [-0.15, -0.1) is 4.99 Å². The van der Waals surface area contributed by atoms with E-state index in [4.69, 9.17) is 9.84 Å². The Kier molecular flexibility index (Phi) is 4.43. The molecule has 0 spiro atoms. The van der Waals surface area contributed by atoms with Crippen LogP contribution in [0, 0.1) is 5.92 Å². The number of thioether (sulfide) groups is 1. The fraction of sp³-hybridized carbons (Fsp3) is 0.133. The van der Waals surface area contributed by atoms with E-state index in [1.165, 1.54) is 5.41 Å². The highest BCUT2D eigenvalue weighted by Crippen LogP contribution is 2.33. The molecule has 1 aromatic carbocycles. The minimum Gasteiger partial charge on any atom is -0.478 e. The molecule has 2 amide bonds. The van der Waals surface area contributed by atoms with Gasteiger partial charge in [0.05, 0.1) is 10.6 Å². The van der Waals surface area contributed by atoms with Gasteiger partial charge in [0.25, 0.3) is 0 Å². The summed E-state index contributed by atoms with van der Waals surface area (Å²) in [7, 11) is 0. The first-order chi connectivity index (χ1) is 11.5. The molecule has 2 aliphatic heterocycles. The minimum absolute atomic E-state index is 0.0447. The number of hydrogen-bond donors (Lipinski definition) is 2. The number of amides is 2. The Morgan fingerprint density at radius 3 is 2.79 bits per heavy atom. The summed E-state index contributed by atoms with van der Waals surface area (Å²) in [6, 6.07) is 9.05. The van der Waals surface area contributed by atoms with Crippen molar-refractivity contribution in [2.75, 3.05) is 0 Å². The molecule has 0 radical (unpaired) electrons. The molecular weight excluding hydrogens is 334 g/mol. The van der Waals surface area contributed by atoms with E-state index in [2.05, 4.69) is 15.3 Å². The van der Waals surface area contributed by atoms with Crippen LogP contribution in [-0.2, 0) is 20.9 Å². The largest absolute Gasteiger partial charge is 0.478 e. The zero-order chi connectivity index (χ0) is 17.1. The summed E-state index contributed by atoms with van der Waals surface area (Å²) in [6.07, 6.45) is -0.897. The number of carbonyl (C=O) groups excluding carboxylic acids is 2. The van der Waals surface area contributed by atoms with Gasteiger partial charge >= 0.3 is 12.1 Å². The standard InChI is InChI=1S/C15H11N3O5S/c19-11-10-9(13(20)21)7-24-12(10)17-14(16-11)18-15(22)23-6-8-4-2-1-3-5-8/h1-5,7,10H,6H2,(H,20,21)(H,16,18,19,22)/t10-/m0/s1. The number of benzene rings is 1. The highest BCUT2D eigenvalue weighted by atomic mass is 32.2. The van der Waals surface area contributed by atoms with Crippen molar-refractivity contribution in [3.8, 4) is 0 Å². The Hall–Kier alpha value is -2.94. The van der Waals surface area contributed by atoms with Crippen LogP contribution in [-0.4, -0.2) is 34.1 Å². The molecule has 2 N–H and O–H groups in total. The number of fused-ring (bicyclic) bond motifs is 1. The monoisotopic (exact) mass is 345 g/mol. The van der Waals surface area contributed by atoms with Crippen molar-refractivity contribution < 1.29 is 24.2 Å². The maximum absolute atomic E-state index is 12.0. The SMILES string of the molecule is O=C(N=C1N=C2SC=C(C(=O)O)[C@H]2C(=O)N1)OCc1ccccc1. The molecule has 0 aromatic heterocycles. The third kappa shape index (κ3) is 3.35. The summed E-state index contributed by atoms with van der Waals surface area (Å²) < 4.78 is 4.98. The van der Waals surface area contributed by atoms with Crippen molar-refractivity contribution in [2.45, 2.75) is 6.61 Å². The van der Waals surface area contributed by atoms with E-state index in [0.29, 0.717) is 0 Å². The van der Waals surface area contributed by atoms with Gasteiger partial charge in [-0.3, -0.25) is 10.1 Å². The van der Waals surface area contributed by atoms with Gasteiger partial charge in [-0.25, -0.2) is 14.6 Å². The number of nitrogens with zero attached hydrogens (tertiary/aromatic N) is 2. The topological polar surface area (TPSA) is 117 Å². The van der Waals surface area contributed by atoms with Crippen molar-refractivity contribution in [1.82, 2.24) is 5.32 Å². The Balaban J connectivity index is 1.68. The van der Waals surface area contributed by atoms with Gasteiger partial charge in [0, 0.05) is 0 Å². The van der Waals surface area contributed by atoms with E-state index in [1.54, 1.807) is 12.1 Å². The number of guanidine groups is 1. The van der Waals surface area contributed by atoms with E-state index < -0.39 is 23.9 Å². The summed E-state index contributed by atoms with van der Waals surface area (Å²) in [5.74, 6) is -2.95. The predicted octanol–water partition coefficient (Wildman–Crippen LogP) is 1.54. The molecule has 0 saturated heterocycles. The second-order valence-electron chi connectivity index (χ2n) is 4.84. The molecule has 0 saturated carbocycles. The van der Waals surface area contributed by atoms with Gasteiger partial charge in [0.2, 0.25) is 11.9 Å². The third-order valence-electron chi connectivity index (χ3n) is 3.23. The van der Waals surface area contributed by atoms with Crippen LogP contribution in [0.5, 0.6) is 0 Å². The second-order valence-corrected chi connectivity index (χ2v) is 5.73. The first-order valence-electron chi connectivity index (χ1n) is 6.83. The highest BCUT2D eigenvalue weighted by Gasteiger charge is 2.40.